The average molecular weight is 1030 g/mol. The molecule has 2 saturated carbocycles. The van der Waals surface area contributed by atoms with Gasteiger partial charge in [-0.3, -0.25) is 0 Å². The van der Waals surface area contributed by atoms with E-state index in [1.807, 2.05) is 6.26 Å². The van der Waals surface area contributed by atoms with E-state index < -0.39 is 44.9 Å². The largest absolute Gasteiger partial charge is 0.498 e. The van der Waals surface area contributed by atoms with Crippen molar-refractivity contribution in [1.29, 1.82) is 0 Å². The molecular weight excluding hydrogens is 941 g/mol. The Labute approximate surface area is 420 Å². The molecule has 3 heterocycles. The molecule has 0 radical (unpaired) electrons. The van der Waals surface area contributed by atoms with Crippen LogP contribution in [0.25, 0.3) is 0 Å². The summed E-state index contributed by atoms with van der Waals surface area (Å²) in [6.07, 6.45) is 15.7. The van der Waals surface area contributed by atoms with Crippen LogP contribution >= 0.6 is 0 Å². The second-order valence-corrected chi connectivity index (χ2v) is 44.9. The highest BCUT2D eigenvalue weighted by Gasteiger charge is 2.57. The number of hydrogen-bond acceptors (Lipinski definition) is 12. The zero-order valence-electron chi connectivity index (χ0n) is 46.6. The van der Waals surface area contributed by atoms with Crippen molar-refractivity contribution in [3.05, 3.63) is 70.5 Å². The Morgan fingerprint density at radius 1 is 0.696 bits per heavy atom. The Balaban J connectivity index is 0.000000290. The second-order valence-electron chi connectivity index (χ2n) is 25.8. The number of methoxy groups -OCH3 is 1. The molecule has 3 fully saturated rings. The first kappa shape index (κ1) is 60.8. The third-order valence-electron chi connectivity index (χ3n) is 17.1. The summed E-state index contributed by atoms with van der Waals surface area (Å²) in [5.74, 6) is 1.53. The maximum atomic E-state index is 10.8. The van der Waals surface area contributed by atoms with Crippen LogP contribution in [0.15, 0.2) is 63.7 Å². The highest BCUT2D eigenvalue weighted by atomic mass is 28.4. The quantitative estimate of drug-likeness (QED) is 0.154. The lowest BCUT2D eigenvalue weighted by molar-refractivity contribution is -0.191. The Bertz CT molecular complexity index is 2040. The summed E-state index contributed by atoms with van der Waals surface area (Å²) in [4.78, 5) is 37.8. The number of carbonyl (C=O) groups is 1. The van der Waals surface area contributed by atoms with E-state index in [0.717, 1.165) is 26.1 Å². The van der Waals surface area contributed by atoms with Crippen LogP contribution in [0.2, 0.25) is 72.5 Å². The van der Waals surface area contributed by atoms with Crippen molar-refractivity contribution in [1.82, 2.24) is 0 Å². The zero-order valence-corrected chi connectivity index (χ0v) is 50.6. The molecule has 0 bridgehead atoms. The van der Waals surface area contributed by atoms with E-state index in [4.69, 9.17) is 36.8 Å². The van der Waals surface area contributed by atoms with Gasteiger partial charge < -0.3 is 36.3 Å². The average Bonchev–Trinajstić information content (AvgIpc) is 3.96. The summed E-state index contributed by atoms with van der Waals surface area (Å²) >= 11 is 0. The van der Waals surface area contributed by atoms with Gasteiger partial charge in [-0.15, -0.1) is 0 Å². The molecule has 10 atom stereocenters. The van der Waals surface area contributed by atoms with E-state index in [0.29, 0.717) is 29.6 Å². The van der Waals surface area contributed by atoms with Crippen molar-refractivity contribution in [2.45, 2.75) is 206 Å². The minimum atomic E-state index is -1.86. The Hall–Kier alpha value is -2.51. The first-order chi connectivity index (χ1) is 31.4. The lowest BCUT2D eigenvalue weighted by atomic mass is 9.78. The predicted molar refractivity (Wildman–Crippen MR) is 284 cm³/mol. The van der Waals surface area contributed by atoms with Crippen LogP contribution in [0.5, 0.6) is 0 Å². The molecule has 5 aliphatic rings. The van der Waals surface area contributed by atoms with Gasteiger partial charge in [0.1, 0.15) is 11.7 Å². The minimum absolute atomic E-state index is 0.0880. The van der Waals surface area contributed by atoms with E-state index in [2.05, 4.69) is 176 Å². The fraction of sp³-hybridized carbons (Fsp3) is 0.755. The molecule has 69 heavy (non-hydrogen) atoms. The first-order valence-corrected chi connectivity index (χ1v) is 36.6. The molecule has 1 aromatic rings. The third kappa shape index (κ3) is 15.0. The minimum Gasteiger partial charge on any atom is -0.498 e. The van der Waals surface area contributed by atoms with Crippen LogP contribution in [-0.4, -0.2) is 96.2 Å². The van der Waals surface area contributed by atoms with Crippen molar-refractivity contribution in [2.24, 2.45) is 29.6 Å². The lowest BCUT2D eigenvalue weighted by Gasteiger charge is -2.42. The molecule has 2 aliphatic heterocycles. The summed E-state index contributed by atoms with van der Waals surface area (Å²) in [6, 6.07) is 2.80. The predicted octanol–water partition coefficient (Wildman–Crippen LogP) is 12.7. The Kier molecular flexibility index (Phi) is 20.4. The number of hydrogen-bond donors (Lipinski definition) is 0. The number of carbonyl (C=O) groups excluding carboxylic acids is 3. The summed E-state index contributed by atoms with van der Waals surface area (Å²) in [5.41, 5.74) is 0.595. The molecule has 12 nitrogen and oxygen atoms in total. The number of rotatable bonds is 11. The van der Waals surface area contributed by atoms with Gasteiger partial charge in [-0.1, -0.05) is 101 Å². The van der Waals surface area contributed by atoms with E-state index in [1.165, 1.54) is 31.1 Å². The fourth-order valence-corrected chi connectivity index (χ4v) is 13.4. The zero-order chi connectivity index (χ0) is 52.9. The number of allylic oxidation sites excluding steroid dienone is 2. The second kappa shape index (κ2) is 23.1. The molecule has 0 spiro atoms. The summed E-state index contributed by atoms with van der Waals surface area (Å²) in [7, 11) is -6.01. The van der Waals surface area contributed by atoms with Crippen LogP contribution < -0.4 is 5.63 Å². The summed E-state index contributed by atoms with van der Waals surface area (Å²) in [5, 5.41) is 0.900. The molecule has 16 heteroatoms. The topological polar surface area (TPSA) is 146 Å². The highest BCUT2D eigenvalue weighted by Crippen LogP contribution is 2.53. The van der Waals surface area contributed by atoms with Gasteiger partial charge in [-0.05, 0) is 110 Å². The number of esters is 1. The van der Waals surface area contributed by atoms with E-state index in [-0.39, 0.29) is 62.4 Å². The van der Waals surface area contributed by atoms with Crippen LogP contribution in [0.3, 0.4) is 0 Å². The van der Waals surface area contributed by atoms with Gasteiger partial charge >= 0.3 is 17.7 Å². The molecule has 392 valence electrons. The van der Waals surface area contributed by atoms with E-state index in [9.17, 15) is 9.59 Å². The van der Waals surface area contributed by atoms with Gasteiger partial charge in [0, 0.05) is 49.2 Å². The van der Waals surface area contributed by atoms with Crippen LogP contribution in [-0.2, 0) is 41.5 Å². The lowest BCUT2D eigenvalue weighted by Crippen LogP contribution is -2.48. The van der Waals surface area contributed by atoms with Gasteiger partial charge in [-0.2, -0.15) is 9.59 Å². The number of fused-ring (bicyclic) bond motifs is 4. The van der Waals surface area contributed by atoms with Gasteiger partial charge in [0.2, 0.25) is 0 Å². The van der Waals surface area contributed by atoms with Crippen LogP contribution in [0, 0.1) is 29.6 Å². The summed E-state index contributed by atoms with van der Waals surface area (Å²) in [6.45, 7) is 50.5. The van der Waals surface area contributed by atoms with Gasteiger partial charge in [0.25, 0.3) is 0 Å². The summed E-state index contributed by atoms with van der Waals surface area (Å²) < 4.78 is 48.5. The molecule has 2 unspecified atom stereocenters. The van der Waals surface area contributed by atoms with Gasteiger partial charge in [0.05, 0.1) is 44.1 Å². The van der Waals surface area contributed by atoms with E-state index >= 15 is 0 Å². The molecule has 1 aromatic heterocycles. The smallest absolute Gasteiger partial charge is 0.373 e. The standard InChI is InChI=1S/C25H46O3Si2.C20H40O3Si2.C7H6O4.CO2/c1-17-13-12-14-18-22-19(16-26-29(8,9)24(2,3)4)20(15-21(22)27-23(17)18)28-30(10,11)25(5,6)7;1-19(2,3)24(7,8)22-14-16-15-11-12-21-17(15)13-18(16)23-25(9,10)20(4,5)6;1-10-6(8)5-3-2-4-11-7(5)9;2-1-3/h12-14,18-23H,15-16H2,1-11H3;11-12,15-18H,13-14H2,1-10H3;2-4H,1H3;/t18?,19-,20+,21-,22+,23?;15-,16-,17+,18-;;/m01../s1. The normalized spacial score (nSPS) is 27.7. The maximum absolute atomic E-state index is 10.8. The third-order valence-corrected chi connectivity index (χ3v) is 35.1. The highest BCUT2D eigenvalue weighted by molar-refractivity contribution is 6.75. The van der Waals surface area contributed by atoms with Gasteiger partial charge in [-0.25, -0.2) is 9.59 Å². The maximum Gasteiger partial charge on any atom is 0.373 e. The molecule has 3 aliphatic carbocycles. The molecule has 1 saturated heterocycles. The Morgan fingerprint density at radius 3 is 1.62 bits per heavy atom. The van der Waals surface area contributed by atoms with Crippen LogP contribution in [0.1, 0.15) is 113 Å². The monoisotopic (exact) mass is 1030 g/mol. The van der Waals surface area contributed by atoms with Crippen molar-refractivity contribution in [3.8, 4) is 0 Å². The van der Waals surface area contributed by atoms with Crippen LogP contribution in [0.4, 0.5) is 0 Å². The van der Waals surface area contributed by atoms with Crippen molar-refractivity contribution in [2.75, 3.05) is 20.3 Å². The van der Waals surface area contributed by atoms with Gasteiger partial charge in [0.15, 0.2) is 33.3 Å². The molecule has 0 amide bonds. The molecule has 6 rings (SSSR count). The molecule has 0 N–H and O–H groups in total. The molecule has 0 aromatic carbocycles. The SMILES string of the molecule is CC(C)(C)[Si](C)(C)OC[C@@H]1[C@H]2C=CO[C@H]2C[C@H]1O[Si](C)(C)C(C)(C)C.CC1=CC=CC2C1O[C@H]1C[C@@H](O[Si](C)(C)C(C)(C)C)[C@H](CO[Si](C)(C)C(C)(C)C)[C@@H]21.COC(=O)c1cccoc1=O.O=C=O. The Morgan fingerprint density at radius 2 is 1.16 bits per heavy atom. The first-order valence-electron chi connectivity index (χ1n) is 25.0. The molecular formula is C53H92O12Si4. The van der Waals surface area contributed by atoms with Crippen molar-refractivity contribution in [3.63, 3.8) is 0 Å². The van der Waals surface area contributed by atoms with E-state index in [1.54, 1.807) is 0 Å². The van der Waals surface area contributed by atoms with Crippen molar-refractivity contribution >= 4 is 45.4 Å². The number of ether oxygens (including phenoxy) is 3. The fourth-order valence-electron chi connectivity index (χ4n) is 8.54. The van der Waals surface area contributed by atoms with Crippen molar-refractivity contribution < 1.29 is 50.7 Å².